The van der Waals surface area contributed by atoms with Crippen LogP contribution in [0.25, 0.3) is 11.1 Å². The summed E-state index contributed by atoms with van der Waals surface area (Å²) in [5.41, 5.74) is -2.16. The average molecular weight is 936 g/mol. The van der Waals surface area contributed by atoms with E-state index in [1.165, 1.54) is 60.7 Å². The first kappa shape index (κ1) is 46.9. The highest BCUT2D eigenvalue weighted by molar-refractivity contribution is 6.12. The smallest absolute Gasteiger partial charge is 0.411 e. The van der Waals surface area contributed by atoms with E-state index in [-0.39, 0.29) is 57.2 Å². The van der Waals surface area contributed by atoms with Gasteiger partial charge in [-0.2, -0.15) is 26.3 Å². The van der Waals surface area contributed by atoms with E-state index in [0.717, 1.165) is 35.9 Å². The van der Waals surface area contributed by atoms with E-state index in [1.54, 1.807) is 67.6 Å². The summed E-state index contributed by atoms with van der Waals surface area (Å²) in [5, 5.41) is 19.9. The summed E-state index contributed by atoms with van der Waals surface area (Å²) in [6, 6.07) is 40.7. The van der Waals surface area contributed by atoms with Gasteiger partial charge in [-0.1, -0.05) is 60.7 Å². The van der Waals surface area contributed by atoms with Gasteiger partial charge in [0.2, 0.25) is 5.41 Å². The van der Waals surface area contributed by atoms with Gasteiger partial charge < -0.3 is 19.7 Å². The molecule has 2 N–H and O–H groups in total. The zero-order valence-corrected chi connectivity index (χ0v) is 36.2. The molecule has 0 atom stereocenters. The molecule has 0 radical (unpaired) electrons. The Kier molecular flexibility index (Phi) is 12.7. The SMILES string of the molecule is [CH2+]c1ccc(C(=O)c2ccc(Oc3ccc(C(c4ccc(Oc5ccc(C(=O)c6ccc(-c7ccc(C)c(C(=O)c8ccc(O)cc8O)c7)cc6)cc5)cc4)(C(F)(F)F)C(F)(F)F)cc3)cc2)cc1. The standard InChI is InChI=1S/C56H36F6O7/c1-33-3-6-36(7-4-33)51(65)38-13-22-44(23-14-38)68-46-26-17-41(18-27-46)54(55(57,58)59,56(60,61)62)42-19-28-47(29-20-42)69-45-24-15-39(16-25-45)52(66)37-11-9-35(10-12-37)40-8-5-34(2)49(31-40)53(67)48-30-21-43(63)32-50(48)64/h3-32H,1H2,2H3,(H-,63,64,67)/p+1. The Labute approximate surface area is 391 Å². The van der Waals surface area contributed by atoms with Gasteiger partial charge in [0.15, 0.2) is 17.3 Å². The number of aryl methyl sites for hydroxylation is 1. The Morgan fingerprint density at radius 3 is 1.22 bits per heavy atom. The Hall–Kier alpha value is -8.58. The molecule has 0 heterocycles. The van der Waals surface area contributed by atoms with Crippen molar-refractivity contribution in [1.29, 1.82) is 0 Å². The Morgan fingerprint density at radius 2 is 0.812 bits per heavy atom. The van der Waals surface area contributed by atoms with Crippen molar-refractivity contribution in [3.05, 3.63) is 245 Å². The number of halogens is 6. The third-order valence-electron chi connectivity index (χ3n) is 11.5. The minimum absolute atomic E-state index is 0.0251. The second-order valence-corrected chi connectivity index (χ2v) is 16.0. The van der Waals surface area contributed by atoms with Crippen LogP contribution in [0.1, 0.15) is 70.0 Å². The van der Waals surface area contributed by atoms with E-state index >= 15 is 0 Å². The molecule has 0 amide bonds. The predicted octanol–water partition coefficient (Wildman–Crippen LogP) is 13.9. The van der Waals surface area contributed by atoms with Crippen LogP contribution < -0.4 is 9.47 Å². The zero-order valence-electron chi connectivity index (χ0n) is 36.2. The van der Waals surface area contributed by atoms with Crippen LogP contribution in [-0.2, 0) is 5.41 Å². The third kappa shape index (κ3) is 9.52. The van der Waals surface area contributed by atoms with Crippen LogP contribution in [0.4, 0.5) is 26.3 Å². The molecule has 8 aromatic carbocycles. The number of carbonyl (C=O) groups excluding carboxylic acids is 3. The van der Waals surface area contributed by atoms with Crippen LogP contribution in [0, 0.1) is 13.8 Å². The van der Waals surface area contributed by atoms with Crippen LogP contribution in [0.2, 0.25) is 0 Å². The van der Waals surface area contributed by atoms with E-state index < -0.39 is 34.7 Å². The predicted molar refractivity (Wildman–Crippen MR) is 246 cm³/mol. The Morgan fingerprint density at radius 1 is 0.435 bits per heavy atom. The first-order chi connectivity index (χ1) is 32.8. The number of aromatic hydroxyl groups is 2. The minimum Gasteiger partial charge on any atom is -0.508 e. The summed E-state index contributed by atoms with van der Waals surface area (Å²) in [7, 11) is 0. The molecule has 13 heteroatoms. The fourth-order valence-electron chi connectivity index (χ4n) is 7.86. The Bertz CT molecular complexity index is 3170. The van der Waals surface area contributed by atoms with Gasteiger partial charge in [-0.25, -0.2) is 0 Å². The summed E-state index contributed by atoms with van der Waals surface area (Å²) in [6.45, 7) is 5.54. The van der Waals surface area contributed by atoms with Crippen molar-refractivity contribution in [2.24, 2.45) is 0 Å². The number of benzene rings is 8. The van der Waals surface area contributed by atoms with Crippen molar-refractivity contribution in [1.82, 2.24) is 0 Å². The highest BCUT2D eigenvalue weighted by Crippen LogP contribution is 2.56. The van der Waals surface area contributed by atoms with Crippen LogP contribution in [0.5, 0.6) is 34.5 Å². The van der Waals surface area contributed by atoms with Crippen molar-refractivity contribution in [3.8, 4) is 45.6 Å². The molecule has 0 bridgehead atoms. The molecule has 7 nitrogen and oxygen atoms in total. The van der Waals surface area contributed by atoms with E-state index in [4.69, 9.17) is 9.47 Å². The minimum atomic E-state index is -5.85. The average Bonchev–Trinajstić information content (AvgIpc) is 3.32. The molecule has 0 unspecified atom stereocenters. The summed E-state index contributed by atoms with van der Waals surface area (Å²) >= 11 is 0. The van der Waals surface area contributed by atoms with Crippen molar-refractivity contribution in [3.63, 3.8) is 0 Å². The first-order valence-corrected chi connectivity index (χ1v) is 21.0. The number of ether oxygens (including phenoxy) is 2. The molecule has 0 aliphatic heterocycles. The van der Waals surface area contributed by atoms with Crippen molar-refractivity contribution in [2.75, 3.05) is 0 Å². The van der Waals surface area contributed by atoms with Gasteiger partial charge in [0.1, 0.15) is 40.1 Å². The molecule has 344 valence electrons. The van der Waals surface area contributed by atoms with Crippen molar-refractivity contribution in [2.45, 2.75) is 24.7 Å². The van der Waals surface area contributed by atoms with E-state index in [9.17, 15) is 50.9 Å². The molecule has 0 fully saturated rings. The molecule has 0 aliphatic carbocycles. The fourth-order valence-corrected chi connectivity index (χ4v) is 7.86. The van der Waals surface area contributed by atoms with Gasteiger partial charge in [0, 0.05) is 65.1 Å². The molecule has 8 rings (SSSR count). The molecular weight excluding hydrogens is 899 g/mol. The lowest BCUT2D eigenvalue weighted by molar-refractivity contribution is -0.288. The van der Waals surface area contributed by atoms with Gasteiger partial charge in [0.05, 0.1) is 5.56 Å². The van der Waals surface area contributed by atoms with E-state index in [2.05, 4.69) is 6.92 Å². The second-order valence-electron chi connectivity index (χ2n) is 16.0. The summed E-state index contributed by atoms with van der Waals surface area (Å²) < 4.78 is 101. The molecule has 8 aromatic rings. The third-order valence-corrected chi connectivity index (χ3v) is 11.5. The molecule has 0 spiro atoms. The quantitative estimate of drug-likeness (QED) is 0.0673. The molecule has 0 saturated heterocycles. The first-order valence-electron chi connectivity index (χ1n) is 21.0. The second kappa shape index (κ2) is 18.6. The Balaban J connectivity index is 0.945. The maximum absolute atomic E-state index is 15.0. The number of rotatable bonds is 13. The number of ketones is 3. The summed E-state index contributed by atoms with van der Waals surface area (Å²) in [5.74, 6) is -1.38. The van der Waals surface area contributed by atoms with Gasteiger partial charge >= 0.3 is 12.4 Å². The summed E-state index contributed by atoms with van der Waals surface area (Å²) in [4.78, 5) is 39.5. The van der Waals surface area contributed by atoms with Crippen LogP contribution >= 0.6 is 0 Å². The van der Waals surface area contributed by atoms with Gasteiger partial charge in [-0.3, -0.25) is 14.4 Å². The normalized spacial score (nSPS) is 11.8. The summed E-state index contributed by atoms with van der Waals surface area (Å²) in [6.07, 6.45) is -11.7. The number of phenols is 2. The maximum atomic E-state index is 15.0. The van der Waals surface area contributed by atoms with Gasteiger partial charge in [-0.15, -0.1) is 0 Å². The lowest BCUT2D eigenvalue weighted by Crippen LogP contribution is -2.54. The molecule has 0 aliphatic rings. The highest BCUT2D eigenvalue weighted by Gasteiger charge is 2.72. The van der Waals surface area contributed by atoms with Crippen LogP contribution in [-0.4, -0.2) is 39.9 Å². The lowest BCUT2D eigenvalue weighted by Gasteiger charge is -2.38. The van der Waals surface area contributed by atoms with Crippen LogP contribution in [0.15, 0.2) is 182 Å². The van der Waals surface area contributed by atoms with Gasteiger partial charge in [0.25, 0.3) is 0 Å². The number of hydrogen-bond donors (Lipinski definition) is 2. The fraction of sp³-hybridized carbons (Fsp3) is 0.0714. The van der Waals surface area contributed by atoms with Gasteiger partial charge in [-0.05, 0) is 126 Å². The molecular formula is C56H37F6O7+. The molecule has 0 saturated carbocycles. The van der Waals surface area contributed by atoms with Crippen molar-refractivity contribution >= 4 is 17.3 Å². The van der Waals surface area contributed by atoms with Crippen LogP contribution in [0.3, 0.4) is 0 Å². The monoisotopic (exact) mass is 935 g/mol. The van der Waals surface area contributed by atoms with E-state index in [1.807, 2.05) is 6.07 Å². The largest absolute Gasteiger partial charge is 0.508 e. The molecule has 0 aromatic heterocycles. The number of hydrogen-bond acceptors (Lipinski definition) is 7. The lowest BCUT2D eigenvalue weighted by atomic mass is 9.73. The number of alkyl halides is 6. The highest BCUT2D eigenvalue weighted by atomic mass is 19.4. The van der Waals surface area contributed by atoms with Crippen molar-refractivity contribution < 1.29 is 60.4 Å². The van der Waals surface area contributed by atoms with E-state index in [0.29, 0.717) is 63.2 Å². The number of carbonyl (C=O) groups is 3. The number of phenolic OH excluding ortho intramolecular Hbond substituents is 2. The molecule has 69 heavy (non-hydrogen) atoms. The maximum Gasteiger partial charge on any atom is 0.411 e. The zero-order chi connectivity index (χ0) is 49.3. The topological polar surface area (TPSA) is 110 Å².